The van der Waals surface area contributed by atoms with Gasteiger partial charge >= 0.3 is 0 Å². The first-order valence-corrected chi connectivity index (χ1v) is 7.09. The van der Waals surface area contributed by atoms with Gasteiger partial charge in [0.2, 0.25) is 0 Å². The van der Waals surface area contributed by atoms with Crippen molar-refractivity contribution in [3.8, 4) is 0 Å². The fourth-order valence-corrected chi connectivity index (χ4v) is 2.85. The second-order valence-corrected chi connectivity index (χ2v) is 6.40. The lowest BCUT2D eigenvalue weighted by Gasteiger charge is -2.32. The molecular weight excluding hydrogens is 226 g/mol. The predicted octanol–water partition coefficient (Wildman–Crippen LogP) is 0.679. The van der Waals surface area contributed by atoms with Gasteiger partial charge in [-0.25, -0.2) is 0 Å². The summed E-state index contributed by atoms with van der Waals surface area (Å²) in [7, 11) is -1.85. The van der Waals surface area contributed by atoms with Crippen LogP contribution in [0.3, 0.4) is 0 Å². The van der Waals surface area contributed by atoms with Crippen LogP contribution < -0.4 is 10.5 Å². The Hall–Kier alpha value is -0.170. The van der Waals surface area contributed by atoms with Crippen LogP contribution >= 0.6 is 0 Å². The Kier molecular flexibility index (Phi) is 5.89. The van der Waals surface area contributed by atoms with E-state index in [2.05, 4.69) is 4.72 Å². The number of rotatable bonds is 7. The summed E-state index contributed by atoms with van der Waals surface area (Å²) in [5, 5.41) is 0. The molecule has 1 atom stereocenters. The Balaban J connectivity index is 4.81. The van der Waals surface area contributed by atoms with Crippen LogP contribution in [0.5, 0.6) is 0 Å². The highest BCUT2D eigenvalue weighted by molar-refractivity contribution is 7.87. The maximum atomic E-state index is 12.0. The molecule has 0 aliphatic carbocycles. The zero-order valence-corrected chi connectivity index (χ0v) is 11.8. The van der Waals surface area contributed by atoms with Crippen molar-refractivity contribution < 1.29 is 8.42 Å². The summed E-state index contributed by atoms with van der Waals surface area (Å²) in [5.74, 6) is 0. The molecule has 3 N–H and O–H groups in total. The quantitative estimate of drug-likeness (QED) is 0.698. The monoisotopic (exact) mass is 251 g/mol. The molecule has 0 amide bonds. The average Bonchev–Trinajstić information content (AvgIpc) is 2.16. The van der Waals surface area contributed by atoms with E-state index in [1.807, 2.05) is 27.7 Å². The van der Waals surface area contributed by atoms with Gasteiger partial charge in [-0.05, 0) is 40.2 Å². The molecule has 0 heterocycles. The van der Waals surface area contributed by atoms with Gasteiger partial charge in [-0.1, -0.05) is 6.92 Å². The van der Waals surface area contributed by atoms with E-state index in [1.165, 1.54) is 4.31 Å². The van der Waals surface area contributed by atoms with Crippen molar-refractivity contribution in [2.24, 2.45) is 5.73 Å². The van der Waals surface area contributed by atoms with Crippen molar-refractivity contribution in [1.29, 1.82) is 0 Å². The molecule has 0 aliphatic rings. The van der Waals surface area contributed by atoms with Crippen molar-refractivity contribution in [3.63, 3.8) is 0 Å². The normalized spacial score (nSPS) is 16.8. The topological polar surface area (TPSA) is 75.4 Å². The van der Waals surface area contributed by atoms with Crippen LogP contribution in [-0.4, -0.2) is 37.9 Å². The van der Waals surface area contributed by atoms with E-state index >= 15 is 0 Å². The smallest absolute Gasteiger partial charge is 0.279 e. The third kappa shape index (κ3) is 4.37. The van der Waals surface area contributed by atoms with Crippen molar-refractivity contribution in [2.75, 3.05) is 13.6 Å². The molecule has 0 radical (unpaired) electrons. The summed E-state index contributed by atoms with van der Waals surface area (Å²) in [6.45, 7) is 7.98. The zero-order chi connectivity index (χ0) is 13.0. The zero-order valence-electron chi connectivity index (χ0n) is 10.9. The minimum atomic E-state index is -3.42. The largest absolute Gasteiger partial charge is 0.330 e. The van der Waals surface area contributed by atoms with Crippen LogP contribution in [0.15, 0.2) is 0 Å². The van der Waals surface area contributed by atoms with E-state index in [0.29, 0.717) is 13.0 Å². The summed E-state index contributed by atoms with van der Waals surface area (Å²) >= 11 is 0. The van der Waals surface area contributed by atoms with Gasteiger partial charge in [-0.3, -0.25) is 0 Å². The number of nitrogens with one attached hydrogen (secondary N) is 1. The molecule has 98 valence electrons. The fraction of sp³-hybridized carbons (Fsp3) is 1.00. The van der Waals surface area contributed by atoms with Crippen molar-refractivity contribution >= 4 is 10.2 Å². The number of nitrogens with two attached hydrogens (primary N) is 1. The number of hydrogen-bond acceptors (Lipinski definition) is 3. The van der Waals surface area contributed by atoms with E-state index in [-0.39, 0.29) is 6.04 Å². The molecule has 0 aromatic carbocycles. The van der Waals surface area contributed by atoms with Gasteiger partial charge in [0, 0.05) is 18.6 Å². The highest BCUT2D eigenvalue weighted by atomic mass is 32.2. The number of nitrogens with zero attached hydrogens (tertiary/aromatic N) is 1. The van der Waals surface area contributed by atoms with Crippen LogP contribution in [0, 0.1) is 0 Å². The van der Waals surface area contributed by atoms with E-state index in [0.717, 1.165) is 6.42 Å². The van der Waals surface area contributed by atoms with Gasteiger partial charge in [0.25, 0.3) is 10.2 Å². The standard InChI is InChI=1S/C10H25N3O2S/c1-6-10(4,7-8-11)12-16(14,15)13(5)9(2)3/h9,12H,6-8,11H2,1-5H3. The lowest BCUT2D eigenvalue weighted by Crippen LogP contribution is -2.52. The third-order valence-electron chi connectivity index (χ3n) is 2.96. The molecule has 0 saturated carbocycles. The average molecular weight is 251 g/mol. The summed E-state index contributed by atoms with van der Waals surface area (Å²) in [5.41, 5.74) is 5.03. The first kappa shape index (κ1) is 15.8. The maximum absolute atomic E-state index is 12.0. The molecule has 5 nitrogen and oxygen atoms in total. The van der Waals surface area contributed by atoms with E-state index in [1.54, 1.807) is 7.05 Å². The van der Waals surface area contributed by atoms with Gasteiger partial charge in [-0.2, -0.15) is 17.4 Å². The van der Waals surface area contributed by atoms with Gasteiger partial charge in [0.1, 0.15) is 0 Å². The van der Waals surface area contributed by atoms with E-state index < -0.39 is 15.7 Å². The molecule has 0 saturated heterocycles. The van der Waals surface area contributed by atoms with Crippen molar-refractivity contribution in [1.82, 2.24) is 9.03 Å². The summed E-state index contributed by atoms with van der Waals surface area (Å²) in [6.07, 6.45) is 1.35. The van der Waals surface area contributed by atoms with Gasteiger partial charge in [0.05, 0.1) is 0 Å². The summed E-state index contributed by atoms with van der Waals surface area (Å²) in [6, 6.07) is -0.0588. The van der Waals surface area contributed by atoms with Gasteiger partial charge in [-0.15, -0.1) is 0 Å². The molecular formula is C10H25N3O2S. The molecule has 0 spiro atoms. The minimum Gasteiger partial charge on any atom is -0.330 e. The Morgan fingerprint density at radius 2 is 1.94 bits per heavy atom. The second-order valence-electron chi connectivity index (χ2n) is 4.67. The Labute approximate surface area is 99.6 Å². The molecule has 0 bridgehead atoms. The highest BCUT2D eigenvalue weighted by Crippen LogP contribution is 2.16. The number of hydrogen-bond donors (Lipinski definition) is 2. The van der Waals surface area contributed by atoms with Crippen LogP contribution in [0.4, 0.5) is 0 Å². The van der Waals surface area contributed by atoms with Gasteiger partial charge < -0.3 is 5.73 Å². The molecule has 16 heavy (non-hydrogen) atoms. The SMILES string of the molecule is CCC(C)(CCN)NS(=O)(=O)N(C)C(C)C. The van der Waals surface area contributed by atoms with E-state index in [4.69, 9.17) is 5.73 Å². The molecule has 0 aromatic rings. The molecule has 1 unspecified atom stereocenters. The van der Waals surface area contributed by atoms with Crippen molar-refractivity contribution in [2.45, 2.75) is 52.1 Å². The molecule has 0 fully saturated rings. The van der Waals surface area contributed by atoms with E-state index in [9.17, 15) is 8.42 Å². The molecule has 6 heteroatoms. The van der Waals surface area contributed by atoms with Crippen molar-refractivity contribution in [3.05, 3.63) is 0 Å². The van der Waals surface area contributed by atoms with Crippen LogP contribution in [0.25, 0.3) is 0 Å². The van der Waals surface area contributed by atoms with Crippen LogP contribution in [0.2, 0.25) is 0 Å². The first-order chi connectivity index (χ1) is 7.18. The Morgan fingerprint density at radius 1 is 1.44 bits per heavy atom. The minimum absolute atomic E-state index is 0.0588. The Morgan fingerprint density at radius 3 is 2.25 bits per heavy atom. The first-order valence-electron chi connectivity index (χ1n) is 5.65. The summed E-state index contributed by atoms with van der Waals surface area (Å²) in [4.78, 5) is 0. The van der Waals surface area contributed by atoms with Crippen LogP contribution in [-0.2, 0) is 10.2 Å². The third-order valence-corrected chi connectivity index (χ3v) is 4.89. The lowest BCUT2D eigenvalue weighted by atomic mass is 9.96. The molecule has 0 aliphatic heterocycles. The molecule has 0 rings (SSSR count). The lowest BCUT2D eigenvalue weighted by molar-refractivity contribution is 0.344. The summed E-state index contributed by atoms with van der Waals surface area (Å²) < 4.78 is 28.0. The van der Waals surface area contributed by atoms with Gasteiger partial charge in [0.15, 0.2) is 0 Å². The Bertz CT molecular complexity index is 303. The maximum Gasteiger partial charge on any atom is 0.279 e. The predicted molar refractivity (Wildman–Crippen MR) is 67.3 cm³/mol. The highest BCUT2D eigenvalue weighted by Gasteiger charge is 2.30. The molecule has 0 aromatic heterocycles. The fourth-order valence-electron chi connectivity index (χ4n) is 1.28. The second kappa shape index (κ2) is 5.95. The van der Waals surface area contributed by atoms with Crippen LogP contribution in [0.1, 0.15) is 40.5 Å².